The van der Waals surface area contributed by atoms with Crippen molar-refractivity contribution in [3.8, 4) is 0 Å². The Morgan fingerprint density at radius 2 is 2.04 bits per heavy atom. The molecule has 1 saturated heterocycles. The van der Waals surface area contributed by atoms with E-state index in [1.807, 2.05) is 31.3 Å². The number of aromatic nitrogens is 2. The molecule has 1 aromatic heterocycles. The Labute approximate surface area is 151 Å². The highest BCUT2D eigenvalue weighted by atomic mass is 15.3. The zero-order valence-electron chi connectivity index (χ0n) is 15.8. The Bertz CT molecular complexity index is 700. The van der Waals surface area contributed by atoms with Gasteiger partial charge in [-0.2, -0.15) is 4.98 Å². The first-order valence-electron chi connectivity index (χ1n) is 9.04. The van der Waals surface area contributed by atoms with Gasteiger partial charge in [0.1, 0.15) is 5.82 Å². The molecule has 1 aliphatic heterocycles. The molecule has 25 heavy (non-hydrogen) atoms. The normalized spacial score (nSPS) is 18.2. The number of likely N-dealkylation sites (tertiary alicyclic amines) is 1. The van der Waals surface area contributed by atoms with Crippen molar-refractivity contribution in [1.82, 2.24) is 14.9 Å². The Morgan fingerprint density at radius 1 is 1.20 bits per heavy atom. The molecule has 2 heterocycles. The fraction of sp³-hybridized carbons (Fsp3) is 0.500. The Balaban J connectivity index is 1.67. The maximum atomic E-state index is 4.69. The van der Waals surface area contributed by atoms with Crippen molar-refractivity contribution in [3.63, 3.8) is 0 Å². The van der Waals surface area contributed by atoms with Crippen molar-refractivity contribution < 1.29 is 0 Å². The van der Waals surface area contributed by atoms with Gasteiger partial charge >= 0.3 is 0 Å². The molecule has 134 valence electrons. The maximum absolute atomic E-state index is 4.69. The molecule has 2 aromatic rings. The summed E-state index contributed by atoms with van der Waals surface area (Å²) in [6.45, 7) is 5.40. The summed E-state index contributed by atoms with van der Waals surface area (Å²) in [4.78, 5) is 16.0. The largest absolute Gasteiger partial charge is 0.363 e. The van der Waals surface area contributed by atoms with E-state index >= 15 is 0 Å². The summed E-state index contributed by atoms with van der Waals surface area (Å²) in [6, 6.07) is 11.2. The lowest BCUT2D eigenvalue weighted by molar-refractivity contribution is 0.198. The molecule has 1 aliphatic rings. The minimum atomic E-state index is 0.455. The molecule has 1 fully saturated rings. The molecule has 0 bridgehead atoms. The third-order valence-electron chi connectivity index (χ3n) is 4.92. The first-order chi connectivity index (χ1) is 12.0. The SMILES string of the molecule is Cc1cccc(CN2CCCC(N(C)c3nccc(N(C)C)n3)C2)c1. The average molecular weight is 339 g/mol. The van der Waals surface area contributed by atoms with Crippen LogP contribution < -0.4 is 9.80 Å². The number of piperidine rings is 1. The smallest absolute Gasteiger partial charge is 0.227 e. The highest BCUT2D eigenvalue weighted by Gasteiger charge is 2.25. The van der Waals surface area contributed by atoms with Gasteiger partial charge in [-0.15, -0.1) is 0 Å². The van der Waals surface area contributed by atoms with E-state index in [0.717, 1.165) is 31.4 Å². The number of aryl methyl sites for hydroxylation is 1. The lowest BCUT2D eigenvalue weighted by atomic mass is 10.0. The fourth-order valence-electron chi connectivity index (χ4n) is 3.48. The van der Waals surface area contributed by atoms with E-state index in [-0.39, 0.29) is 0 Å². The van der Waals surface area contributed by atoms with Crippen molar-refractivity contribution in [1.29, 1.82) is 0 Å². The molecule has 1 atom stereocenters. The highest BCUT2D eigenvalue weighted by molar-refractivity contribution is 5.42. The third kappa shape index (κ3) is 4.48. The van der Waals surface area contributed by atoms with Crippen molar-refractivity contribution >= 4 is 11.8 Å². The van der Waals surface area contributed by atoms with Crippen LogP contribution in [0.1, 0.15) is 24.0 Å². The number of benzene rings is 1. The minimum absolute atomic E-state index is 0.455. The van der Waals surface area contributed by atoms with Crippen molar-refractivity contribution in [2.45, 2.75) is 32.4 Å². The Hall–Kier alpha value is -2.14. The number of hydrogen-bond donors (Lipinski definition) is 0. The second-order valence-corrected chi connectivity index (χ2v) is 7.24. The summed E-state index contributed by atoms with van der Waals surface area (Å²) in [7, 11) is 6.14. The molecular weight excluding hydrogens is 310 g/mol. The summed E-state index contributed by atoms with van der Waals surface area (Å²) >= 11 is 0. The quantitative estimate of drug-likeness (QED) is 0.837. The Morgan fingerprint density at radius 3 is 2.80 bits per heavy atom. The maximum Gasteiger partial charge on any atom is 0.227 e. The molecule has 0 saturated carbocycles. The van der Waals surface area contributed by atoms with E-state index in [1.54, 1.807) is 0 Å². The number of nitrogens with zero attached hydrogens (tertiary/aromatic N) is 5. The third-order valence-corrected chi connectivity index (χ3v) is 4.92. The minimum Gasteiger partial charge on any atom is -0.363 e. The van der Waals surface area contributed by atoms with E-state index < -0.39 is 0 Å². The molecule has 5 heteroatoms. The van der Waals surface area contributed by atoms with Crippen molar-refractivity contribution in [3.05, 3.63) is 47.7 Å². The lowest BCUT2D eigenvalue weighted by Crippen LogP contribution is -2.46. The molecule has 0 spiro atoms. The van der Waals surface area contributed by atoms with E-state index in [0.29, 0.717) is 6.04 Å². The van der Waals surface area contributed by atoms with Crippen molar-refractivity contribution in [2.24, 2.45) is 0 Å². The van der Waals surface area contributed by atoms with Gasteiger partial charge in [0.2, 0.25) is 5.95 Å². The van der Waals surface area contributed by atoms with Crippen LogP contribution in [0.25, 0.3) is 0 Å². The van der Waals surface area contributed by atoms with Gasteiger partial charge in [-0.1, -0.05) is 29.8 Å². The van der Waals surface area contributed by atoms with Crippen LogP contribution in [0.4, 0.5) is 11.8 Å². The second-order valence-electron chi connectivity index (χ2n) is 7.24. The summed E-state index contributed by atoms with van der Waals surface area (Å²) in [6.07, 6.45) is 4.26. The molecule has 1 aromatic carbocycles. The molecule has 0 N–H and O–H groups in total. The highest BCUT2D eigenvalue weighted by Crippen LogP contribution is 2.21. The molecule has 0 radical (unpaired) electrons. The molecule has 0 amide bonds. The molecule has 0 aliphatic carbocycles. The lowest BCUT2D eigenvalue weighted by Gasteiger charge is -2.37. The zero-order chi connectivity index (χ0) is 17.8. The standard InChI is InChI=1S/C20H29N5/c1-16-7-5-8-17(13-16)14-25-12-6-9-18(15-25)24(4)20-21-11-10-19(22-20)23(2)3/h5,7-8,10-11,13,18H,6,9,12,14-15H2,1-4H3. The van der Waals surface area contributed by atoms with Crippen LogP contribution in [0.15, 0.2) is 36.5 Å². The summed E-state index contributed by atoms with van der Waals surface area (Å²) in [5, 5.41) is 0. The van der Waals surface area contributed by atoms with E-state index in [1.165, 1.54) is 24.0 Å². The molecular formula is C20H29N5. The van der Waals surface area contributed by atoms with Crippen LogP contribution in [0, 0.1) is 6.92 Å². The van der Waals surface area contributed by atoms with E-state index in [9.17, 15) is 0 Å². The van der Waals surface area contributed by atoms with Crippen molar-refractivity contribution in [2.75, 3.05) is 44.0 Å². The predicted molar refractivity (Wildman–Crippen MR) is 104 cm³/mol. The first kappa shape index (κ1) is 17.7. The van der Waals surface area contributed by atoms with E-state index in [4.69, 9.17) is 4.98 Å². The van der Waals surface area contributed by atoms with Gasteiger partial charge in [0.05, 0.1) is 0 Å². The van der Waals surface area contributed by atoms with Gasteiger partial charge in [-0.05, 0) is 37.9 Å². The van der Waals surface area contributed by atoms with Gasteiger partial charge in [-0.25, -0.2) is 4.98 Å². The van der Waals surface area contributed by atoms with Gasteiger partial charge < -0.3 is 9.80 Å². The van der Waals surface area contributed by atoms with Crippen LogP contribution in [-0.4, -0.2) is 55.1 Å². The van der Waals surface area contributed by atoms with Gasteiger partial charge in [0, 0.05) is 46.5 Å². The van der Waals surface area contributed by atoms with Gasteiger partial charge in [0.25, 0.3) is 0 Å². The van der Waals surface area contributed by atoms with Gasteiger partial charge in [0.15, 0.2) is 0 Å². The monoisotopic (exact) mass is 339 g/mol. The topological polar surface area (TPSA) is 35.5 Å². The zero-order valence-corrected chi connectivity index (χ0v) is 15.8. The number of hydrogen-bond acceptors (Lipinski definition) is 5. The van der Waals surface area contributed by atoms with Crippen LogP contribution >= 0.6 is 0 Å². The first-order valence-corrected chi connectivity index (χ1v) is 9.04. The van der Waals surface area contributed by atoms with Crippen LogP contribution in [0.3, 0.4) is 0 Å². The fourth-order valence-corrected chi connectivity index (χ4v) is 3.48. The summed E-state index contributed by atoms with van der Waals surface area (Å²) in [5.41, 5.74) is 2.73. The van der Waals surface area contributed by atoms with Crippen LogP contribution in [-0.2, 0) is 6.54 Å². The Kier molecular flexibility index (Phi) is 5.53. The number of likely N-dealkylation sites (N-methyl/N-ethyl adjacent to an activating group) is 1. The summed E-state index contributed by atoms with van der Waals surface area (Å²) < 4.78 is 0. The van der Waals surface area contributed by atoms with Gasteiger partial charge in [-0.3, -0.25) is 4.90 Å². The average Bonchev–Trinajstić information content (AvgIpc) is 2.61. The molecule has 1 unspecified atom stereocenters. The van der Waals surface area contributed by atoms with Crippen LogP contribution in [0.5, 0.6) is 0 Å². The summed E-state index contributed by atoms with van der Waals surface area (Å²) in [5.74, 6) is 1.76. The van der Waals surface area contributed by atoms with Crippen LogP contribution in [0.2, 0.25) is 0 Å². The second kappa shape index (κ2) is 7.83. The molecule has 5 nitrogen and oxygen atoms in total. The number of rotatable bonds is 5. The molecule has 3 rings (SSSR count). The van der Waals surface area contributed by atoms with E-state index in [2.05, 4.69) is 53.0 Å². The number of anilines is 2. The predicted octanol–water partition coefficient (Wildman–Crippen LogP) is 2.95.